The van der Waals surface area contributed by atoms with Gasteiger partial charge in [0.05, 0.1) is 13.2 Å². The molecular weight excluding hydrogens is 428 g/mol. The molecule has 28 heavy (non-hydrogen) atoms. The van der Waals surface area contributed by atoms with E-state index in [0.29, 0.717) is 17.0 Å². The average molecular weight is 455 g/mol. The SMILES string of the molecule is O=C(COC(=O)C=Cc1ccc(Br)o1)NCC1(N2CCOCC2)CCCCC1. The average Bonchev–Trinajstić information content (AvgIpc) is 3.15. The number of esters is 1. The highest BCUT2D eigenvalue weighted by atomic mass is 79.9. The van der Waals surface area contributed by atoms with Gasteiger partial charge in [-0.3, -0.25) is 9.69 Å². The van der Waals surface area contributed by atoms with Gasteiger partial charge in [0.15, 0.2) is 11.3 Å². The van der Waals surface area contributed by atoms with Gasteiger partial charge >= 0.3 is 5.97 Å². The Labute approximate surface area is 173 Å². The van der Waals surface area contributed by atoms with Crippen molar-refractivity contribution in [1.29, 1.82) is 0 Å². The highest BCUT2D eigenvalue weighted by molar-refractivity contribution is 9.10. The van der Waals surface area contributed by atoms with Crippen molar-refractivity contribution in [1.82, 2.24) is 10.2 Å². The lowest BCUT2D eigenvalue weighted by Crippen LogP contribution is -2.59. The number of morpholine rings is 1. The van der Waals surface area contributed by atoms with E-state index in [-0.39, 0.29) is 18.1 Å². The first-order valence-electron chi connectivity index (χ1n) is 9.77. The van der Waals surface area contributed by atoms with E-state index in [9.17, 15) is 9.59 Å². The molecule has 154 valence electrons. The number of amides is 1. The Hall–Kier alpha value is -1.64. The molecule has 3 rings (SSSR count). The molecule has 0 unspecified atom stereocenters. The van der Waals surface area contributed by atoms with E-state index in [2.05, 4.69) is 26.1 Å². The van der Waals surface area contributed by atoms with Gasteiger partial charge in [-0.1, -0.05) is 19.3 Å². The van der Waals surface area contributed by atoms with Crippen LogP contribution in [-0.4, -0.2) is 61.8 Å². The van der Waals surface area contributed by atoms with Crippen LogP contribution in [0.4, 0.5) is 0 Å². The summed E-state index contributed by atoms with van der Waals surface area (Å²) in [6, 6.07) is 3.45. The largest absolute Gasteiger partial charge is 0.452 e. The number of carbonyl (C=O) groups is 2. The molecule has 7 nitrogen and oxygen atoms in total. The Morgan fingerprint density at radius 3 is 2.64 bits per heavy atom. The van der Waals surface area contributed by atoms with Gasteiger partial charge in [-0.15, -0.1) is 0 Å². The zero-order chi connectivity index (χ0) is 19.8. The zero-order valence-corrected chi connectivity index (χ0v) is 17.5. The Morgan fingerprint density at radius 1 is 1.21 bits per heavy atom. The third-order valence-corrected chi connectivity index (χ3v) is 5.83. The second-order valence-corrected chi connectivity index (χ2v) is 8.03. The molecule has 1 aliphatic carbocycles. The first-order chi connectivity index (χ1) is 13.6. The Kier molecular flexibility index (Phi) is 7.70. The van der Waals surface area contributed by atoms with Crippen LogP contribution < -0.4 is 5.32 Å². The van der Waals surface area contributed by atoms with Crippen LogP contribution >= 0.6 is 15.9 Å². The number of ether oxygens (including phenoxy) is 2. The van der Waals surface area contributed by atoms with Crippen LogP contribution in [0, 0.1) is 0 Å². The predicted molar refractivity (Wildman–Crippen MR) is 108 cm³/mol. The second-order valence-electron chi connectivity index (χ2n) is 7.24. The number of halogens is 1. The van der Waals surface area contributed by atoms with Gasteiger partial charge in [-0.05, 0) is 47.0 Å². The van der Waals surface area contributed by atoms with Crippen LogP contribution in [0.2, 0.25) is 0 Å². The van der Waals surface area contributed by atoms with Crippen LogP contribution in [0.5, 0.6) is 0 Å². The fourth-order valence-electron chi connectivity index (χ4n) is 3.92. The molecule has 1 aromatic rings. The highest BCUT2D eigenvalue weighted by Crippen LogP contribution is 2.33. The fraction of sp³-hybridized carbons (Fsp3) is 0.600. The number of carbonyl (C=O) groups excluding carboxylic acids is 2. The first-order valence-corrected chi connectivity index (χ1v) is 10.6. The van der Waals surface area contributed by atoms with Crippen LogP contribution in [0.3, 0.4) is 0 Å². The van der Waals surface area contributed by atoms with E-state index >= 15 is 0 Å². The molecule has 2 aliphatic rings. The minimum absolute atomic E-state index is 0.00568. The van der Waals surface area contributed by atoms with Crippen molar-refractivity contribution in [3.63, 3.8) is 0 Å². The van der Waals surface area contributed by atoms with Gasteiger partial charge in [-0.25, -0.2) is 4.79 Å². The normalized spacial score (nSPS) is 20.2. The summed E-state index contributed by atoms with van der Waals surface area (Å²) in [5.41, 5.74) is -0.00568. The molecule has 1 saturated carbocycles. The van der Waals surface area contributed by atoms with Gasteiger partial charge in [0.25, 0.3) is 5.91 Å². The monoisotopic (exact) mass is 454 g/mol. The number of hydrogen-bond acceptors (Lipinski definition) is 6. The molecule has 8 heteroatoms. The molecule has 2 heterocycles. The van der Waals surface area contributed by atoms with E-state index < -0.39 is 5.97 Å². The third kappa shape index (κ3) is 5.93. The maximum atomic E-state index is 12.2. The lowest BCUT2D eigenvalue weighted by molar-refractivity contribution is -0.144. The predicted octanol–water partition coefficient (Wildman–Crippen LogP) is 2.75. The number of rotatable bonds is 7. The molecule has 1 N–H and O–H groups in total. The van der Waals surface area contributed by atoms with Crippen molar-refractivity contribution >= 4 is 33.9 Å². The Bertz CT molecular complexity index is 691. The first kappa shape index (κ1) is 21.1. The molecule has 0 radical (unpaired) electrons. The number of furan rings is 1. The van der Waals surface area contributed by atoms with E-state index in [4.69, 9.17) is 13.9 Å². The lowest BCUT2D eigenvalue weighted by Gasteiger charge is -2.48. The van der Waals surface area contributed by atoms with Gasteiger partial charge in [0, 0.05) is 31.2 Å². The molecule has 0 aromatic carbocycles. The summed E-state index contributed by atoms with van der Waals surface area (Å²) in [5, 5.41) is 2.98. The van der Waals surface area contributed by atoms with Crippen molar-refractivity contribution in [3.8, 4) is 0 Å². The summed E-state index contributed by atoms with van der Waals surface area (Å²) < 4.78 is 16.3. The van der Waals surface area contributed by atoms with Crippen LogP contribution in [0.15, 0.2) is 27.3 Å². The minimum Gasteiger partial charge on any atom is -0.452 e. The molecule has 0 atom stereocenters. The molecule has 2 fully saturated rings. The third-order valence-electron chi connectivity index (χ3n) is 5.40. The van der Waals surface area contributed by atoms with Crippen molar-refractivity contribution in [2.24, 2.45) is 0 Å². The molecule has 1 saturated heterocycles. The smallest absolute Gasteiger partial charge is 0.331 e. The molecule has 0 bridgehead atoms. The van der Waals surface area contributed by atoms with Crippen molar-refractivity contribution < 1.29 is 23.5 Å². The lowest BCUT2D eigenvalue weighted by atomic mass is 9.79. The van der Waals surface area contributed by atoms with Gasteiger partial charge in [0.1, 0.15) is 5.76 Å². The second kappa shape index (κ2) is 10.2. The van der Waals surface area contributed by atoms with Crippen molar-refractivity contribution in [3.05, 3.63) is 28.6 Å². The fourth-order valence-corrected chi connectivity index (χ4v) is 4.24. The summed E-state index contributed by atoms with van der Waals surface area (Å²) in [6.45, 7) is 3.58. The van der Waals surface area contributed by atoms with Gasteiger partial charge < -0.3 is 19.2 Å². The van der Waals surface area contributed by atoms with Crippen LogP contribution in [0.1, 0.15) is 37.9 Å². The molecular formula is C20H27BrN2O5. The number of hydrogen-bond donors (Lipinski definition) is 1. The highest BCUT2D eigenvalue weighted by Gasteiger charge is 2.38. The van der Waals surface area contributed by atoms with Crippen LogP contribution in [-0.2, 0) is 19.1 Å². The minimum atomic E-state index is -0.580. The standard InChI is InChI=1S/C20H27BrN2O5/c21-17-6-4-16(28-17)5-7-19(25)27-14-18(24)22-15-20(8-2-1-3-9-20)23-10-12-26-13-11-23/h4-7H,1-3,8-15H2,(H,22,24). The topological polar surface area (TPSA) is 81.0 Å². The Morgan fingerprint density at radius 2 is 1.96 bits per heavy atom. The summed E-state index contributed by atoms with van der Waals surface area (Å²) in [4.78, 5) is 26.5. The maximum absolute atomic E-state index is 12.2. The van der Waals surface area contributed by atoms with E-state index in [1.165, 1.54) is 31.4 Å². The maximum Gasteiger partial charge on any atom is 0.331 e. The number of nitrogens with one attached hydrogen (secondary N) is 1. The van der Waals surface area contributed by atoms with Crippen molar-refractivity contribution in [2.45, 2.75) is 37.6 Å². The molecule has 1 aliphatic heterocycles. The molecule has 1 amide bonds. The Balaban J connectivity index is 1.45. The quantitative estimate of drug-likeness (QED) is 0.503. The van der Waals surface area contributed by atoms with Crippen molar-refractivity contribution in [2.75, 3.05) is 39.5 Å². The molecule has 0 spiro atoms. The summed E-state index contributed by atoms with van der Waals surface area (Å²) in [7, 11) is 0. The summed E-state index contributed by atoms with van der Waals surface area (Å²) in [5.74, 6) is -0.332. The van der Waals surface area contributed by atoms with E-state index in [0.717, 1.165) is 39.1 Å². The molecule has 1 aromatic heterocycles. The van der Waals surface area contributed by atoms with Crippen LogP contribution in [0.25, 0.3) is 6.08 Å². The van der Waals surface area contributed by atoms with E-state index in [1.54, 1.807) is 12.1 Å². The number of nitrogens with zero attached hydrogens (tertiary/aromatic N) is 1. The van der Waals surface area contributed by atoms with Gasteiger partial charge in [-0.2, -0.15) is 0 Å². The zero-order valence-electron chi connectivity index (χ0n) is 16.0. The van der Waals surface area contributed by atoms with Gasteiger partial charge in [0.2, 0.25) is 0 Å². The summed E-state index contributed by atoms with van der Waals surface area (Å²) >= 11 is 3.19. The van der Waals surface area contributed by atoms with E-state index in [1.807, 2.05) is 0 Å². The summed E-state index contributed by atoms with van der Waals surface area (Å²) in [6.07, 6.45) is 8.50.